The number of fused-ring (bicyclic) bond motifs is 2. The molecule has 2 amide bonds. The zero-order valence-corrected chi connectivity index (χ0v) is 14.2. The molecule has 0 radical (unpaired) electrons. The highest BCUT2D eigenvalue weighted by molar-refractivity contribution is 8.01. The van der Waals surface area contributed by atoms with E-state index in [1.165, 1.54) is 24.0 Å². The van der Waals surface area contributed by atoms with Gasteiger partial charge in [0.05, 0.1) is 4.87 Å². The van der Waals surface area contributed by atoms with Crippen molar-refractivity contribution in [3.8, 4) is 0 Å². The minimum absolute atomic E-state index is 0.0320. The third-order valence-electron chi connectivity index (χ3n) is 5.40. The fourth-order valence-corrected chi connectivity index (χ4v) is 5.56. The zero-order valence-electron chi connectivity index (χ0n) is 13.4. The van der Waals surface area contributed by atoms with Crippen molar-refractivity contribution >= 4 is 29.3 Å². The lowest BCUT2D eigenvalue weighted by atomic mass is 9.90. The van der Waals surface area contributed by atoms with Gasteiger partial charge in [-0.3, -0.25) is 9.59 Å². The number of carbonyl (C=O) groups is 2. The molecule has 0 aromatic heterocycles. The van der Waals surface area contributed by atoms with Crippen molar-refractivity contribution in [3.63, 3.8) is 0 Å². The maximum absolute atomic E-state index is 12.8. The lowest BCUT2D eigenvalue weighted by Crippen LogP contribution is -2.48. The van der Waals surface area contributed by atoms with Crippen molar-refractivity contribution in [1.82, 2.24) is 4.90 Å². The first-order valence-electron chi connectivity index (χ1n) is 8.46. The van der Waals surface area contributed by atoms with Gasteiger partial charge in [0.15, 0.2) is 0 Å². The molecule has 23 heavy (non-hydrogen) atoms. The Kier molecular flexibility index (Phi) is 3.63. The van der Waals surface area contributed by atoms with E-state index in [1.54, 1.807) is 11.8 Å². The Morgan fingerprint density at radius 3 is 3.00 bits per heavy atom. The summed E-state index contributed by atoms with van der Waals surface area (Å²) in [5, 5.41) is 3.12. The van der Waals surface area contributed by atoms with Crippen LogP contribution in [0.5, 0.6) is 0 Å². The molecule has 2 heterocycles. The average Bonchev–Trinajstić information content (AvgIpc) is 3.04. The molecule has 1 aromatic carbocycles. The predicted molar refractivity (Wildman–Crippen MR) is 92.4 cm³/mol. The summed E-state index contributed by atoms with van der Waals surface area (Å²) in [4.78, 5) is 26.6. The van der Waals surface area contributed by atoms with Crippen molar-refractivity contribution in [2.75, 3.05) is 11.1 Å². The van der Waals surface area contributed by atoms with Crippen LogP contribution in [-0.2, 0) is 22.4 Å². The van der Waals surface area contributed by atoms with Gasteiger partial charge in [-0.15, -0.1) is 11.8 Å². The molecule has 4 nitrogen and oxygen atoms in total. The molecule has 0 saturated carbocycles. The van der Waals surface area contributed by atoms with Gasteiger partial charge in [-0.1, -0.05) is 12.1 Å². The van der Waals surface area contributed by atoms with Gasteiger partial charge < -0.3 is 10.2 Å². The third-order valence-corrected chi connectivity index (χ3v) is 6.91. The van der Waals surface area contributed by atoms with Crippen LogP contribution in [0.15, 0.2) is 18.2 Å². The van der Waals surface area contributed by atoms with Crippen LogP contribution in [0.2, 0.25) is 0 Å². The second-order valence-corrected chi connectivity index (χ2v) is 8.41. The normalized spacial score (nSPS) is 29.3. The molecule has 4 rings (SSSR count). The Hall–Kier alpha value is -1.49. The summed E-state index contributed by atoms with van der Waals surface area (Å²) >= 11 is 1.74. The number of hydrogen-bond acceptors (Lipinski definition) is 3. The van der Waals surface area contributed by atoms with Crippen LogP contribution < -0.4 is 5.32 Å². The van der Waals surface area contributed by atoms with E-state index in [0.29, 0.717) is 12.2 Å². The second-order valence-electron chi connectivity index (χ2n) is 6.91. The molecule has 1 aliphatic carbocycles. The Morgan fingerprint density at radius 2 is 2.13 bits per heavy atom. The average molecular weight is 330 g/mol. The maximum atomic E-state index is 12.8. The Morgan fingerprint density at radius 1 is 1.30 bits per heavy atom. The van der Waals surface area contributed by atoms with Crippen molar-refractivity contribution in [1.29, 1.82) is 0 Å². The Bertz CT molecular complexity index is 675. The first-order chi connectivity index (χ1) is 11.1. The van der Waals surface area contributed by atoms with Crippen molar-refractivity contribution in [2.45, 2.75) is 56.4 Å². The van der Waals surface area contributed by atoms with Crippen LogP contribution in [0.3, 0.4) is 0 Å². The summed E-state index contributed by atoms with van der Waals surface area (Å²) in [5.41, 5.74) is 3.59. The molecule has 122 valence electrons. The Labute approximate surface area is 141 Å². The number of hydrogen-bond donors (Lipinski definition) is 1. The molecule has 3 aliphatic rings. The number of carbonyl (C=O) groups excluding carboxylic acids is 2. The molecular weight excluding hydrogens is 308 g/mol. The van der Waals surface area contributed by atoms with Gasteiger partial charge in [0.2, 0.25) is 11.8 Å². The van der Waals surface area contributed by atoms with Crippen LogP contribution in [0, 0.1) is 0 Å². The first kappa shape index (κ1) is 15.1. The van der Waals surface area contributed by atoms with Gasteiger partial charge in [0.25, 0.3) is 0 Å². The molecule has 1 aromatic rings. The summed E-state index contributed by atoms with van der Waals surface area (Å²) in [6, 6.07) is 5.85. The van der Waals surface area contributed by atoms with E-state index in [4.69, 9.17) is 0 Å². The molecule has 5 heteroatoms. The van der Waals surface area contributed by atoms with Gasteiger partial charge in [-0.05, 0) is 56.2 Å². The highest BCUT2D eigenvalue weighted by atomic mass is 32.2. The molecule has 2 fully saturated rings. The summed E-state index contributed by atoms with van der Waals surface area (Å²) in [7, 11) is 0. The van der Waals surface area contributed by atoms with Crippen LogP contribution in [0.25, 0.3) is 0 Å². The summed E-state index contributed by atoms with van der Waals surface area (Å²) in [6.45, 7) is 2.08. The number of rotatable bonds is 2. The van der Waals surface area contributed by atoms with Crippen LogP contribution >= 0.6 is 11.8 Å². The van der Waals surface area contributed by atoms with E-state index < -0.39 is 0 Å². The summed E-state index contributed by atoms with van der Waals surface area (Å²) < 4.78 is 0. The number of amides is 2. The van der Waals surface area contributed by atoms with E-state index >= 15 is 0 Å². The van der Waals surface area contributed by atoms with Gasteiger partial charge in [-0.25, -0.2) is 0 Å². The summed E-state index contributed by atoms with van der Waals surface area (Å²) in [5.74, 6) is 0.784. The van der Waals surface area contributed by atoms with Crippen LogP contribution in [0.4, 0.5) is 5.69 Å². The number of nitrogens with one attached hydrogen (secondary N) is 1. The lowest BCUT2D eigenvalue weighted by Gasteiger charge is -2.30. The molecule has 2 saturated heterocycles. The van der Waals surface area contributed by atoms with E-state index in [9.17, 15) is 9.59 Å². The molecule has 0 spiro atoms. The molecular formula is C18H22N2O2S. The first-order valence-corrected chi connectivity index (χ1v) is 9.45. The van der Waals surface area contributed by atoms with Gasteiger partial charge in [0.1, 0.15) is 6.04 Å². The fourth-order valence-electron chi connectivity index (χ4n) is 4.13. The monoisotopic (exact) mass is 330 g/mol. The van der Waals surface area contributed by atoms with Crippen molar-refractivity contribution in [2.24, 2.45) is 0 Å². The maximum Gasteiger partial charge on any atom is 0.248 e. The quantitative estimate of drug-likeness (QED) is 0.907. The third kappa shape index (κ3) is 2.45. The number of thioether (sulfide) groups is 1. The largest absolute Gasteiger partial charge is 0.324 e. The number of benzene rings is 1. The number of aryl methyl sites for hydroxylation is 1. The number of nitrogens with zero attached hydrogens (tertiary/aromatic N) is 1. The second kappa shape index (κ2) is 5.55. The van der Waals surface area contributed by atoms with Crippen molar-refractivity contribution < 1.29 is 9.59 Å². The standard InChI is InChI=1S/C18H22N2O2S/c1-18-10-9-16(21)20(18)15(11-23-18)17(22)19-14-8-4-6-12-5-2-3-7-13(12)14/h4,6,8,15H,2-3,5,7,9-11H2,1H3,(H,19,22)/t15-,18+/m0/s1. The van der Waals surface area contributed by atoms with Gasteiger partial charge >= 0.3 is 0 Å². The van der Waals surface area contributed by atoms with E-state index in [2.05, 4.69) is 18.3 Å². The van der Waals surface area contributed by atoms with Crippen LogP contribution in [-0.4, -0.2) is 33.4 Å². The highest BCUT2D eigenvalue weighted by Gasteiger charge is 2.52. The SMILES string of the molecule is C[C@@]12CCC(=O)N1[C@H](C(=O)Nc1cccc3c1CCCC3)CS2. The Balaban J connectivity index is 1.56. The smallest absolute Gasteiger partial charge is 0.248 e. The highest BCUT2D eigenvalue weighted by Crippen LogP contribution is 2.47. The topological polar surface area (TPSA) is 49.4 Å². The van der Waals surface area contributed by atoms with E-state index in [1.807, 2.05) is 17.0 Å². The molecule has 2 aliphatic heterocycles. The minimum atomic E-state index is -0.334. The molecule has 2 atom stereocenters. The van der Waals surface area contributed by atoms with E-state index in [-0.39, 0.29) is 22.7 Å². The number of anilines is 1. The minimum Gasteiger partial charge on any atom is -0.324 e. The van der Waals surface area contributed by atoms with Crippen molar-refractivity contribution in [3.05, 3.63) is 29.3 Å². The molecule has 0 bridgehead atoms. The molecule has 1 N–H and O–H groups in total. The lowest BCUT2D eigenvalue weighted by molar-refractivity contribution is -0.135. The summed E-state index contributed by atoms with van der Waals surface area (Å²) in [6.07, 6.45) is 5.95. The van der Waals surface area contributed by atoms with Crippen LogP contribution in [0.1, 0.15) is 43.7 Å². The predicted octanol–water partition coefficient (Wildman–Crippen LogP) is 2.96. The fraction of sp³-hybridized carbons (Fsp3) is 0.556. The van der Waals surface area contributed by atoms with E-state index in [0.717, 1.165) is 24.9 Å². The van der Waals surface area contributed by atoms with Gasteiger partial charge in [0, 0.05) is 17.9 Å². The zero-order chi connectivity index (χ0) is 16.0. The van der Waals surface area contributed by atoms with Gasteiger partial charge in [-0.2, -0.15) is 0 Å². The molecule has 0 unspecified atom stereocenters.